The third kappa shape index (κ3) is 2.89. The summed E-state index contributed by atoms with van der Waals surface area (Å²) in [6.45, 7) is 3.08. The zero-order chi connectivity index (χ0) is 13.8. The number of rotatable bonds is 3. The van der Waals surface area contributed by atoms with E-state index in [0.717, 1.165) is 37.2 Å². The zero-order valence-corrected chi connectivity index (χ0v) is 11.7. The molecule has 1 unspecified atom stereocenters. The molecule has 0 spiro atoms. The molecule has 0 radical (unpaired) electrons. The van der Waals surface area contributed by atoms with Gasteiger partial charge in [0.25, 0.3) is 0 Å². The SMILES string of the molecule is COc1ccc2c(c1)C(CCN)CCCN2C(C)=O. The molecule has 1 heterocycles. The summed E-state index contributed by atoms with van der Waals surface area (Å²) in [7, 11) is 1.67. The fourth-order valence-corrected chi connectivity index (χ4v) is 2.83. The van der Waals surface area contributed by atoms with Crippen molar-refractivity contribution in [2.24, 2.45) is 5.73 Å². The van der Waals surface area contributed by atoms with Crippen LogP contribution in [0.25, 0.3) is 0 Å². The van der Waals surface area contributed by atoms with E-state index in [-0.39, 0.29) is 5.91 Å². The highest BCUT2D eigenvalue weighted by Crippen LogP contribution is 2.38. The lowest BCUT2D eigenvalue weighted by molar-refractivity contribution is -0.116. The van der Waals surface area contributed by atoms with Gasteiger partial charge in [0.2, 0.25) is 5.91 Å². The van der Waals surface area contributed by atoms with Gasteiger partial charge in [-0.3, -0.25) is 4.79 Å². The van der Waals surface area contributed by atoms with Crippen LogP contribution < -0.4 is 15.4 Å². The van der Waals surface area contributed by atoms with Gasteiger partial charge in [0, 0.05) is 19.2 Å². The smallest absolute Gasteiger partial charge is 0.223 e. The van der Waals surface area contributed by atoms with Crippen molar-refractivity contribution in [3.05, 3.63) is 23.8 Å². The number of hydrogen-bond donors (Lipinski definition) is 1. The first kappa shape index (κ1) is 13.9. The maximum atomic E-state index is 11.8. The summed E-state index contributed by atoms with van der Waals surface area (Å²) in [5.74, 6) is 1.35. The Morgan fingerprint density at radius 3 is 2.95 bits per heavy atom. The first-order valence-electron chi connectivity index (χ1n) is 6.83. The predicted molar refractivity (Wildman–Crippen MR) is 76.7 cm³/mol. The van der Waals surface area contributed by atoms with E-state index >= 15 is 0 Å². The number of anilines is 1. The number of nitrogens with two attached hydrogens (primary N) is 1. The number of hydrogen-bond acceptors (Lipinski definition) is 3. The maximum absolute atomic E-state index is 11.8. The molecular weight excluding hydrogens is 240 g/mol. The summed E-state index contributed by atoms with van der Waals surface area (Å²) in [6.07, 6.45) is 3.04. The molecule has 104 valence electrons. The minimum absolute atomic E-state index is 0.0971. The predicted octanol–water partition coefficient (Wildman–Crippen LogP) is 2.27. The molecule has 1 amide bonds. The van der Waals surface area contributed by atoms with Crippen LogP contribution in [0.2, 0.25) is 0 Å². The Balaban J connectivity index is 2.46. The highest BCUT2D eigenvalue weighted by atomic mass is 16.5. The standard InChI is InChI=1S/C15H22N2O2/c1-11(18)17-9-3-4-12(7-8-16)14-10-13(19-2)5-6-15(14)17/h5-6,10,12H,3-4,7-9,16H2,1-2H3. The molecule has 1 aliphatic rings. The van der Waals surface area contributed by atoms with Crippen LogP contribution in [0, 0.1) is 0 Å². The summed E-state index contributed by atoms with van der Waals surface area (Å²) < 4.78 is 5.31. The Morgan fingerprint density at radius 2 is 2.32 bits per heavy atom. The minimum atomic E-state index is 0.0971. The van der Waals surface area contributed by atoms with Crippen molar-refractivity contribution in [3.8, 4) is 5.75 Å². The molecule has 0 saturated carbocycles. The molecule has 0 bridgehead atoms. The minimum Gasteiger partial charge on any atom is -0.497 e. The Hall–Kier alpha value is -1.55. The third-order valence-corrected chi connectivity index (χ3v) is 3.79. The van der Waals surface area contributed by atoms with Crippen LogP contribution >= 0.6 is 0 Å². The van der Waals surface area contributed by atoms with Gasteiger partial charge in [-0.05, 0) is 55.5 Å². The van der Waals surface area contributed by atoms with Crippen molar-refractivity contribution in [3.63, 3.8) is 0 Å². The van der Waals surface area contributed by atoms with Gasteiger partial charge in [0.15, 0.2) is 0 Å². The average Bonchev–Trinajstić information content (AvgIpc) is 2.58. The summed E-state index contributed by atoms with van der Waals surface area (Å²) >= 11 is 0. The van der Waals surface area contributed by atoms with Crippen LogP contribution in [-0.4, -0.2) is 26.1 Å². The van der Waals surface area contributed by atoms with E-state index in [9.17, 15) is 4.79 Å². The van der Waals surface area contributed by atoms with Crippen molar-refractivity contribution >= 4 is 11.6 Å². The first-order chi connectivity index (χ1) is 9.17. The number of fused-ring (bicyclic) bond motifs is 1. The van der Waals surface area contributed by atoms with E-state index in [0.29, 0.717) is 12.5 Å². The van der Waals surface area contributed by atoms with Crippen LogP contribution in [0.1, 0.15) is 37.7 Å². The van der Waals surface area contributed by atoms with Crippen molar-refractivity contribution in [1.29, 1.82) is 0 Å². The largest absolute Gasteiger partial charge is 0.497 e. The number of amides is 1. The number of ether oxygens (including phenoxy) is 1. The molecule has 0 saturated heterocycles. The lowest BCUT2D eigenvalue weighted by atomic mass is 9.91. The van der Waals surface area contributed by atoms with Gasteiger partial charge in [-0.2, -0.15) is 0 Å². The molecule has 19 heavy (non-hydrogen) atoms. The average molecular weight is 262 g/mol. The molecule has 1 atom stereocenters. The van der Waals surface area contributed by atoms with Gasteiger partial charge in [-0.1, -0.05) is 0 Å². The molecule has 2 rings (SSSR count). The Kier molecular flexibility index (Phi) is 4.43. The maximum Gasteiger partial charge on any atom is 0.223 e. The second-order valence-electron chi connectivity index (χ2n) is 5.01. The molecule has 0 aromatic heterocycles. The highest BCUT2D eigenvalue weighted by Gasteiger charge is 2.24. The van der Waals surface area contributed by atoms with E-state index in [1.165, 1.54) is 5.56 Å². The number of carbonyl (C=O) groups excluding carboxylic acids is 1. The molecule has 4 heteroatoms. The Bertz CT molecular complexity index is 459. The van der Waals surface area contributed by atoms with Gasteiger partial charge >= 0.3 is 0 Å². The molecule has 1 aromatic carbocycles. The van der Waals surface area contributed by atoms with E-state index in [1.807, 2.05) is 17.0 Å². The van der Waals surface area contributed by atoms with Gasteiger partial charge < -0.3 is 15.4 Å². The molecular formula is C15H22N2O2. The lowest BCUT2D eigenvalue weighted by Crippen LogP contribution is -2.29. The van der Waals surface area contributed by atoms with E-state index in [2.05, 4.69) is 6.07 Å². The van der Waals surface area contributed by atoms with Gasteiger partial charge in [-0.25, -0.2) is 0 Å². The van der Waals surface area contributed by atoms with E-state index < -0.39 is 0 Å². The normalized spacial score (nSPS) is 18.7. The monoisotopic (exact) mass is 262 g/mol. The van der Waals surface area contributed by atoms with Crippen LogP contribution in [-0.2, 0) is 4.79 Å². The van der Waals surface area contributed by atoms with Crippen molar-refractivity contribution < 1.29 is 9.53 Å². The second-order valence-corrected chi connectivity index (χ2v) is 5.01. The number of nitrogens with zero attached hydrogens (tertiary/aromatic N) is 1. The molecule has 0 fully saturated rings. The summed E-state index contributed by atoms with van der Waals surface area (Å²) in [5, 5.41) is 0. The van der Waals surface area contributed by atoms with Crippen LogP contribution in [0.4, 0.5) is 5.69 Å². The van der Waals surface area contributed by atoms with Crippen LogP contribution in [0.15, 0.2) is 18.2 Å². The molecule has 1 aliphatic heterocycles. The van der Waals surface area contributed by atoms with E-state index in [1.54, 1.807) is 14.0 Å². The fourth-order valence-electron chi connectivity index (χ4n) is 2.83. The van der Waals surface area contributed by atoms with Gasteiger partial charge in [0.05, 0.1) is 7.11 Å². The van der Waals surface area contributed by atoms with Gasteiger partial charge in [0.1, 0.15) is 5.75 Å². The lowest BCUT2D eigenvalue weighted by Gasteiger charge is -2.23. The topological polar surface area (TPSA) is 55.6 Å². The van der Waals surface area contributed by atoms with Crippen LogP contribution in [0.3, 0.4) is 0 Å². The molecule has 2 N–H and O–H groups in total. The Morgan fingerprint density at radius 1 is 1.53 bits per heavy atom. The van der Waals surface area contributed by atoms with Crippen molar-refractivity contribution in [2.75, 3.05) is 25.1 Å². The van der Waals surface area contributed by atoms with Gasteiger partial charge in [-0.15, -0.1) is 0 Å². The quantitative estimate of drug-likeness (QED) is 0.909. The summed E-state index contributed by atoms with van der Waals surface area (Å²) in [6, 6.07) is 5.96. The van der Waals surface area contributed by atoms with Crippen LogP contribution in [0.5, 0.6) is 5.75 Å². The number of methoxy groups -OCH3 is 1. The molecule has 0 aliphatic carbocycles. The highest BCUT2D eigenvalue weighted by molar-refractivity contribution is 5.92. The zero-order valence-electron chi connectivity index (χ0n) is 11.7. The van der Waals surface area contributed by atoms with Crippen molar-refractivity contribution in [2.45, 2.75) is 32.1 Å². The summed E-state index contributed by atoms with van der Waals surface area (Å²) in [5.41, 5.74) is 7.93. The third-order valence-electron chi connectivity index (χ3n) is 3.79. The number of benzene rings is 1. The second kappa shape index (κ2) is 6.06. The molecule has 4 nitrogen and oxygen atoms in total. The fraction of sp³-hybridized carbons (Fsp3) is 0.533. The van der Waals surface area contributed by atoms with Crippen molar-refractivity contribution in [1.82, 2.24) is 0 Å². The Labute approximate surface area is 114 Å². The van der Waals surface area contributed by atoms with E-state index in [4.69, 9.17) is 10.5 Å². The number of carbonyl (C=O) groups is 1. The summed E-state index contributed by atoms with van der Waals surface area (Å²) in [4.78, 5) is 13.7. The molecule has 1 aromatic rings. The first-order valence-corrected chi connectivity index (χ1v) is 6.83.